The van der Waals surface area contributed by atoms with Gasteiger partial charge in [-0.1, -0.05) is 49.0 Å². The summed E-state index contributed by atoms with van der Waals surface area (Å²) >= 11 is 0. The van der Waals surface area contributed by atoms with Gasteiger partial charge in [-0.15, -0.1) is 0 Å². The van der Waals surface area contributed by atoms with Crippen molar-refractivity contribution in [1.29, 1.82) is 0 Å². The van der Waals surface area contributed by atoms with Crippen molar-refractivity contribution in [3.63, 3.8) is 0 Å². The van der Waals surface area contributed by atoms with Crippen LogP contribution in [-0.2, 0) is 36.0 Å². The Labute approximate surface area is 219 Å². The number of amides is 1. The maximum Gasteiger partial charge on any atom is 0.243 e. The number of nitrogens with zero attached hydrogens (tertiary/aromatic N) is 2. The molecule has 2 aliphatic heterocycles. The van der Waals surface area contributed by atoms with E-state index >= 15 is 0 Å². The molecule has 1 amide bonds. The van der Waals surface area contributed by atoms with Gasteiger partial charge in [0.2, 0.25) is 26.0 Å². The van der Waals surface area contributed by atoms with Crippen LogP contribution in [0.4, 0.5) is 0 Å². The minimum atomic E-state index is -3.75. The number of sulfonamides is 2. The molecule has 4 rings (SSSR count). The molecular weight excluding hydrogens is 514 g/mol. The molecule has 9 nitrogen and oxygen atoms in total. The van der Waals surface area contributed by atoms with Crippen molar-refractivity contribution in [2.75, 3.05) is 45.9 Å². The molecule has 0 radical (unpaired) electrons. The quantitative estimate of drug-likeness (QED) is 0.487. The third kappa shape index (κ3) is 6.85. The Balaban J connectivity index is 1.49. The maximum absolute atomic E-state index is 13.5. The molecule has 0 saturated carbocycles. The minimum Gasteiger partial charge on any atom is -0.378 e. The number of hydrogen-bond acceptors (Lipinski definition) is 6. The monoisotopic (exact) mass is 547 g/mol. The van der Waals surface area contributed by atoms with Crippen LogP contribution in [0.2, 0.25) is 0 Å². The second-order valence-corrected chi connectivity index (χ2v) is 13.0. The topological polar surface area (TPSA) is 113 Å². The highest BCUT2D eigenvalue weighted by molar-refractivity contribution is 7.92. The van der Waals surface area contributed by atoms with Crippen LogP contribution < -0.4 is 4.72 Å². The number of ether oxygens (including phenoxy) is 1. The van der Waals surface area contributed by atoms with Crippen molar-refractivity contribution in [2.45, 2.75) is 23.7 Å². The lowest BCUT2D eigenvalue weighted by atomic mass is 9.90. The molecule has 2 saturated heterocycles. The summed E-state index contributed by atoms with van der Waals surface area (Å²) in [6, 6.07) is 16.3. The van der Waals surface area contributed by atoms with Gasteiger partial charge in [0.1, 0.15) is 0 Å². The van der Waals surface area contributed by atoms with Crippen LogP contribution in [0, 0.1) is 5.92 Å². The molecule has 1 N–H and O–H groups in total. The normalized spacial score (nSPS) is 20.0. The molecule has 0 spiro atoms. The van der Waals surface area contributed by atoms with E-state index in [9.17, 15) is 21.6 Å². The summed E-state index contributed by atoms with van der Waals surface area (Å²) in [6.45, 7) is 6.06. The lowest BCUT2D eigenvalue weighted by Gasteiger charge is -2.31. The second-order valence-electron chi connectivity index (χ2n) is 9.33. The van der Waals surface area contributed by atoms with Gasteiger partial charge in [-0.3, -0.25) is 4.79 Å². The first-order chi connectivity index (χ1) is 17.7. The summed E-state index contributed by atoms with van der Waals surface area (Å²) in [5.41, 5.74) is 1.79. The first-order valence-corrected chi connectivity index (χ1v) is 15.3. The Hall–Kier alpha value is -2.57. The van der Waals surface area contributed by atoms with E-state index in [1.165, 1.54) is 4.31 Å². The molecule has 11 heteroatoms. The Morgan fingerprint density at radius 1 is 1.03 bits per heavy atom. The average molecular weight is 548 g/mol. The third-order valence-electron chi connectivity index (χ3n) is 6.86. The largest absolute Gasteiger partial charge is 0.378 e. The number of rotatable bonds is 10. The van der Waals surface area contributed by atoms with Crippen LogP contribution in [0.3, 0.4) is 0 Å². The zero-order chi connectivity index (χ0) is 26.5. The summed E-state index contributed by atoms with van der Waals surface area (Å²) in [6.07, 6.45) is 1.07. The zero-order valence-electron chi connectivity index (χ0n) is 20.7. The summed E-state index contributed by atoms with van der Waals surface area (Å²) in [4.78, 5) is 15.4. The molecule has 2 atom stereocenters. The zero-order valence-corrected chi connectivity index (χ0v) is 22.3. The first kappa shape index (κ1) is 27.5. The van der Waals surface area contributed by atoms with Crippen LogP contribution in [0.5, 0.6) is 0 Å². The van der Waals surface area contributed by atoms with Crippen molar-refractivity contribution in [3.8, 4) is 0 Å². The highest BCUT2D eigenvalue weighted by Gasteiger charge is 2.33. The van der Waals surface area contributed by atoms with E-state index in [0.717, 1.165) is 16.5 Å². The van der Waals surface area contributed by atoms with Gasteiger partial charge in [-0.25, -0.2) is 21.6 Å². The molecule has 0 bridgehead atoms. The Bertz CT molecular complexity index is 1290. The first-order valence-electron chi connectivity index (χ1n) is 12.3. The van der Waals surface area contributed by atoms with Crippen molar-refractivity contribution in [1.82, 2.24) is 13.9 Å². The predicted molar refractivity (Wildman–Crippen MR) is 141 cm³/mol. The Kier molecular flexibility index (Phi) is 8.81. The van der Waals surface area contributed by atoms with Gasteiger partial charge in [-0.2, -0.15) is 4.31 Å². The number of nitrogens with one attached hydrogen (secondary N) is 1. The summed E-state index contributed by atoms with van der Waals surface area (Å²) in [5.74, 6) is -0.552. The molecule has 0 unspecified atom stereocenters. The number of carbonyl (C=O) groups excluding carboxylic acids is 1. The number of carbonyl (C=O) groups is 1. The van der Waals surface area contributed by atoms with E-state index in [1.54, 1.807) is 24.3 Å². The van der Waals surface area contributed by atoms with Gasteiger partial charge in [0.15, 0.2) is 0 Å². The van der Waals surface area contributed by atoms with Gasteiger partial charge in [-0.05, 0) is 42.0 Å². The lowest BCUT2D eigenvalue weighted by molar-refractivity contribution is -0.136. The van der Waals surface area contributed by atoms with Crippen LogP contribution in [0.1, 0.15) is 23.5 Å². The summed E-state index contributed by atoms with van der Waals surface area (Å²) in [7, 11) is -7.30. The second kappa shape index (κ2) is 11.9. The predicted octanol–water partition coefficient (Wildman–Crippen LogP) is 1.95. The molecule has 0 aliphatic carbocycles. The number of morpholine rings is 1. The summed E-state index contributed by atoms with van der Waals surface area (Å²) < 4.78 is 59.0. The van der Waals surface area contributed by atoms with Gasteiger partial charge in [0.25, 0.3) is 0 Å². The fraction of sp³-hybridized carbons (Fsp3) is 0.423. The third-order valence-corrected chi connectivity index (χ3v) is 9.75. The molecule has 37 heavy (non-hydrogen) atoms. The Morgan fingerprint density at radius 2 is 1.70 bits per heavy atom. The van der Waals surface area contributed by atoms with Crippen molar-refractivity contribution < 1.29 is 26.4 Å². The maximum atomic E-state index is 13.5. The fourth-order valence-electron chi connectivity index (χ4n) is 4.70. The minimum absolute atomic E-state index is 0.00659. The molecule has 2 aromatic rings. The van der Waals surface area contributed by atoms with Crippen molar-refractivity contribution in [3.05, 3.63) is 77.7 Å². The average Bonchev–Trinajstić information content (AvgIpc) is 3.42. The molecule has 0 aromatic heterocycles. The Morgan fingerprint density at radius 3 is 2.35 bits per heavy atom. The van der Waals surface area contributed by atoms with Gasteiger partial charge >= 0.3 is 0 Å². The SMILES string of the molecule is C=CS(=O)(=O)NC[C@H]1CCN(S(=O)(=O)c2ccc([C@@H](Cc3ccccc3)C(=O)N3CCOCC3)cc2)C1. The molecule has 2 fully saturated rings. The lowest BCUT2D eigenvalue weighted by Crippen LogP contribution is -2.43. The van der Waals surface area contributed by atoms with E-state index in [0.29, 0.717) is 45.7 Å². The van der Waals surface area contributed by atoms with Crippen LogP contribution in [0.15, 0.2) is 71.5 Å². The van der Waals surface area contributed by atoms with Crippen LogP contribution in [-0.4, -0.2) is 77.9 Å². The van der Waals surface area contributed by atoms with E-state index in [2.05, 4.69) is 11.3 Å². The molecular formula is C26H33N3O6S2. The van der Waals surface area contributed by atoms with E-state index in [1.807, 2.05) is 35.2 Å². The highest BCUT2D eigenvalue weighted by Crippen LogP contribution is 2.28. The van der Waals surface area contributed by atoms with Crippen LogP contribution in [0.25, 0.3) is 0 Å². The van der Waals surface area contributed by atoms with Crippen molar-refractivity contribution >= 4 is 26.0 Å². The van der Waals surface area contributed by atoms with E-state index < -0.39 is 26.0 Å². The van der Waals surface area contributed by atoms with Crippen LogP contribution >= 0.6 is 0 Å². The van der Waals surface area contributed by atoms with Gasteiger partial charge < -0.3 is 9.64 Å². The highest BCUT2D eigenvalue weighted by atomic mass is 32.2. The number of benzene rings is 2. The van der Waals surface area contributed by atoms with Gasteiger partial charge in [0, 0.05) is 38.1 Å². The fourth-order valence-corrected chi connectivity index (χ4v) is 6.81. The standard InChI is InChI=1S/C26H33N3O6S2/c1-2-36(31,32)27-19-22-12-13-29(20-22)37(33,34)24-10-8-23(9-11-24)25(18-21-6-4-3-5-7-21)26(30)28-14-16-35-17-15-28/h2-11,22,25,27H,1,12-20H2/t22-,25-/m1/s1. The van der Waals surface area contributed by atoms with E-state index in [4.69, 9.17) is 4.74 Å². The smallest absolute Gasteiger partial charge is 0.243 e. The molecule has 2 heterocycles. The summed E-state index contributed by atoms with van der Waals surface area (Å²) in [5, 5.41) is 0.840. The molecule has 200 valence electrons. The molecule has 2 aliphatic rings. The number of hydrogen-bond donors (Lipinski definition) is 1. The van der Waals surface area contributed by atoms with E-state index in [-0.39, 0.29) is 29.8 Å². The molecule has 2 aromatic carbocycles. The van der Waals surface area contributed by atoms with Gasteiger partial charge in [0.05, 0.1) is 24.0 Å². The van der Waals surface area contributed by atoms with Crippen molar-refractivity contribution in [2.24, 2.45) is 5.92 Å².